The lowest BCUT2D eigenvalue weighted by Crippen LogP contribution is -2.59. The van der Waals surface area contributed by atoms with E-state index in [0.717, 1.165) is 22.4 Å². The zero-order valence-electron chi connectivity index (χ0n) is 23.0. The number of para-hydroxylation sites is 1. The fourth-order valence-electron chi connectivity index (χ4n) is 4.81. The van der Waals surface area contributed by atoms with Gasteiger partial charge in [-0.15, -0.1) is 11.8 Å². The lowest BCUT2D eigenvalue weighted by molar-refractivity contribution is -0.147. The van der Waals surface area contributed by atoms with Crippen molar-refractivity contribution in [2.75, 3.05) is 11.2 Å². The van der Waals surface area contributed by atoms with Crippen molar-refractivity contribution in [3.8, 4) is 0 Å². The third-order valence-corrected chi connectivity index (χ3v) is 8.67. The van der Waals surface area contributed by atoms with E-state index in [1.54, 1.807) is 0 Å². The molecule has 0 spiro atoms. The average molecular weight is 577 g/mol. The van der Waals surface area contributed by atoms with Crippen LogP contribution in [0.1, 0.15) is 30.5 Å². The van der Waals surface area contributed by atoms with Gasteiger partial charge in [-0.05, 0) is 68.2 Å². The van der Waals surface area contributed by atoms with Crippen LogP contribution in [0, 0.1) is 6.92 Å². The molecule has 3 unspecified atom stereocenters. The molecule has 1 heterocycles. The summed E-state index contributed by atoms with van der Waals surface area (Å²) in [5.41, 5.74) is 3.84. The number of aliphatic hydroxyl groups excluding tert-OH is 1. The molecule has 1 aliphatic rings. The summed E-state index contributed by atoms with van der Waals surface area (Å²) < 4.78 is -0.530. The minimum Gasteiger partial charge on any atom is -0.381 e. The second-order valence-electron chi connectivity index (χ2n) is 10.4. The lowest BCUT2D eigenvalue weighted by atomic mass is 9.97. The molecule has 1 aliphatic heterocycles. The second kappa shape index (κ2) is 13.3. The van der Waals surface area contributed by atoms with Crippen molar-refractivity contribution in [2.45, 2.75) is 56.7 Å². The summed E-state index contributed by atoms with van der Waals surface area (Å²) in [6, 6.07) is 25.5. The van der Waals surface area contributed by atoms with E-state index in [1.165, 1.54) is 16.7 Å². The number of hydrogen-bond donors (Lipinski definition) is 4. The molecule has 3 aromatic rings. The maximum absolute atomic E-state index is 13.8. The molecule has 210 valence electrons. The monoisotopic (exact) mass is 576 g/mol. The number of aryl methyl sites for hydroxylation is 1. The van der Waals surface area contributed by atoms with E-state index in [-0.39, 0.29) is 5.91 Å². The summed E-state index contributed by atoms with van der Waals surface area (Å²) in [6.07, 6.45) is -1.07. The summed E-state index contributed by atoms with van der Waals surface area (Å²) in [5, 5.41) is 21.0. The van der Waals surface area contributed by atoms with E-state index in [9.17, 15) is 14.7 Å². The zero-order chi connectivity index (χ0) is 28.7. The summed E-state index contributed by atoms with van der Waals surface area (Å²) in [5.74, 6) is -0.450. The third kappa shape index (κ3) is 7.41. The van der Waals surface area contributed by atoms with E-state index in [0.29, 0.717) is 24.0 Å². The Morgan fingerprint density at radius 2 is 1.65 bits per heavy atom. The highest BCUT2D eigenvalue weighted by Gasteiger charge is 2.49. The van der Waals surface area contributed by atoms with E-state index in [4.69, 9.17) is 12.2 Å². The number of carbonyl (C=O) groups is 2. The van der Waals surface area contributed by atoms with Crippen LogP contribution in [0.5, 0.6) is 0 Å². The Bertz CT molecular complexity index is 1320. The summed E-state index contributed by atoms with van der Waals surface area (Å²) in [6.45, 7) is 6.27. The molecule has 2 amide bonds. The maximum Gasteiger partial charge on any atom is 0.254 e. The van der Waals surface area contributed by atoms with Crippen molar-refractivity contribution in [3.63, 3.8) is 0 Å². The van der Waals surface area contributed by atoms with Crippen LogP contribution < -0.4 is 16.0 Å². The molecule has 0 radical (unpaired) electrons. The predicted octanol–water partition coefficient (Wildman–Crippen LogP) is 4.25. The number of anilines is 1. The zero-order valence-corrected chi connectivity index (χ0v) is 24.6. The smallest absolute Gasteiger partial charge is 0.254 e. The average Bonchev–Trinajstić information content (AvgIpc) is 3.27. The van der Waals surface area contributed by atoms with Crippen LogP contribution in [0.3, 0.4) is 0 Å². The third-order valence-electron chi connectivity index (χ3n) is 7.07. The Kier molecular flexibility index (Phi) is 9.84. The van der Waals surface area contributed by atoms with Gasteiger partial charge in [-0.3, -0.25) is 9.59 Å². The first-order valence-corrected chi connectivity index (χ1v) is 14.7. The van der Waals surface area contributed by atoms with Crippen LogP contribution in [0.25, 0.3) is 0 Å². The molecule has 0 aliphatic carbocycles. The Morgan fingerprint density at radius 1 is 1.02 bits per heavy atom. The number of nitrogens with zero attached hydrogens (tertiary/aromatic N) is 1. The maximum atomic E-state index is 13.8. The number of amides is 2. The van der Waals surface area contributed by atoms with Crippen molar-refractivity contribution in [3.05, 3.63) is 102 Å². The number of thioether (sulfide) groups is 1. The second-order valence-corrected chi connectivity index (χ2v) is 12.4. The van der Waals surface area contributed by atoms with Crippen molar-refractivity contribution in [2.24, 2.45) is 0 Å². The van der Waals surface area contributed by atoms with Crippen molar-refractivity contribution >= 4 is 46.6 Å². The first-order valence-electron chi connectivity index (χ1n) is 13.3. The molecule has 0 saturated carbocycles. The summed E-state index contributed by atoms with van der Waals surface area (Å²) in [7, 11) is 0. The Hall–Kier alpha value is -3.40. The van der Waals surface area contributed by atoms with Gasteiger partial charge < -0.3 is 26.0 Å². The first-order chi connectivity index (χ1) is 19.2. The van der Waals surface area contributed by atoms with Gasteiger partial charge in [0, 0.05) is 17.0 Å². The van der Waals surface area contributed by atoms with Gasteiger partial charge in [0.2, 0.25) is 5.91 Å². The van der Waals surface area contributed by atoms with Crippen LogP contribution in [-0.2, 0) is 22.6 Å². The number of aliphatic hydroxyl groups is 1. The number of hydrogen-bond acceptors (Lipinski definition) is 5. The lowest BCUT2D eigenvalue weighted by Gasteiger charge is -2.33. The fraction of sp³-hybridized carbons (Fsp3) is 0.323. The molecule has 9 heteroatoms. The minimum absolute atomic E-state index is 0.243. The van der Waals surface area contributed by atoms with Gasteiger partial charge in [-0.2, -0.15) is 0 Å². The van der Waals surface area contributed by atoms with Gasteiger partial charge in [-0.25, -0.2) is 0 Å². The van der Waals surface area contributed by atoms with Gasteiger partial charge in [0.15, 0.2) is 11.2 Å². The highest BCUT2D eigenvalue weighted by Crippen LogP contribution is 2.40. The molecule has 4 N–H and O–H groups in total. The number of thiocarbonyl (C=S) groups is 1. The van der Waals surface area contributed by atoms with Crippen LogP contribution in [0.15, 0.2) is 84.9 Å². The molecule has 4 rings (SSSR count). The standard InChI is InChI=1S/C31H36N4O3S2/c1-21-12-10-11-15-23(21)19-32-28(37)27-31(2,3)40-20-35(27)29(38)26(36)25(18-22-13-6-4-7-14-22)34-30(39)33-24-16-8-5-9-17-24/h4-17,25-27,36H,18-20H2,1-3H3,(H,32,37)(H2,33,34,39). The SMILES string of the molecule is Cc1ccccc1CNC(=O)C1N(C(=O)C(O)C(Cc2ccccc2)NC(=S)Nc2ccccc2)CSC1(C)C. The fourth-order valence-corrected chi connectivity index (χ4v) is 6.22. The van der Waals surface area contributed by atoms with E-state index >= 15 is 0 Å². The van der Waals surface area contributed by atoms with Gasteiger partial charge in [-0.1, -0.05) is 72.8 Å². The molecule has 0 aromatic heterocycles. The largest absolute Gasteiger partial charge is 0.381 e. The molecule has 0 bridgehead atoms. The molecule has 1 fully saturated rings. The van der Waals surface area contributed by atoms with Crippen LogP contribution in [0.2, 0.25) is 0 Å². The van der Waals surface area contributed by atoms with Crippen LogP contribution in [-0.4, -0.2) is 55.7 Å². The van der Waals surface area contributed by atoms with Gasteiger partial charge in [0.1, 0.15) is 6.04 Å². The highest BCUT2D eigenvalue weighted by atomic mass is 32.2. The number of carbonyl (C=O) groups excluding carboxylic acids is 2. The minimum atomic E-state index is -1.43. The molecular weight excluding hydrogens is 541 g/mol. The van der Waals surface area contributed by atoms with E-state index in [2.05, 4.69) is 16.0 Å². The quantitative estimate of drug-likeness (QED) is 0.283. The molecule has 3 aromatic carbocycles. The molecule has 40 heavy (non-hydrogen) atoms. The van der Waals surface area contributed by atoms with E-state index in [1.807, 2.05) is 106 Å². The Balaban J connectivity index is 1.51. The number of nitrogens with one attached hydrogen (secondary N) is 3. The van der Waals surface area contributed by atoms with Gasteiger partial charge in [0.05, 0.1) is 11.9 Å². The van der Waals surface area contributed by atoms with Crippen LogP contribution >= 0.6 is 24.0 Å². The van der Waals surface area contributed by atoms with Crippen LogP contribution in [0.4, 0.5) is 5.69 Å². The molecule has 1 saturated heterocycles. The van der Waals surface area contributed by atoms with Crippen molar-refractivity contribution in [1.82, 2.24) is 15.5 Å². The first kappa shape index (κ1) is 29.6. The molecule has 7 nitrogen and oxygen atoms in total. The van der Waals surface area contributed by atoms with Crippen molar-refractivity contribution < 1.29 is 14.7 Å². The summed E-state index contributed by atoms with van der Waals surface area (Å²) in [4.78, 5) is 28.8. The predicted molar refractivity (Wildman–Crippen MR) is 166 cm³/mol. The van der Waals surface area contributed by atoms with Crippen molar-refractivity contribution in [1.29, 1.82) is 0 Å². The summed E-state index contributed by atoms with van der Waals surface area (Å²) >= 11 is 7.06. The normalized spacial score (nSPS) is 17.5. The number of rotatable bonds is 9. The van der Waals surface area contributed by atoms with Gasteiger partial charge >= 0.3 is 0 Å². The van der Waals surface area contributed by atoms with Gasteiger partial charge in [0.25, 0.3) is 5.91 Å². The topological polar surface area (TPSA) is 93.7 Å². The number of benzene rings is 3. The highest BCUT2D eigenvalue weighted by molar-refractivity contribution is 8.00. The van der Waals surface area contributed by atoms with E-state index < -0.39 is 28.8 Å². The molecular formula is C31H36N4O3S2. The Morgan fingerprint density at radius 3 is 2.33 bits per heavy atom. The Labute approximate surface area is 245 Å². The molecule has 3 atom stereocenters.